The van der Waals surface area contributed by atoms with Crippen molar-refractivity contribution < 1.29 is 19.1 Å². The molecule has 1 aromatic carbocycles. The summed E-state index contributed by atoms with van der Waals surface area (Å²) in [5, 5.41) is 0. The number of rotatable bonds is 4. The van der Waals surface area contributed by atoms with Gasteiger partial charge in [-0.1, -0.05) is 30.3 Å². The Labute approximate surface area is 136 Å². The lowest BCUT2D eigenvalue weighted by molar-refractivity contribution is -0.302. The van der Waals surface area contributed by atoms with Gasteiger partial charge in [-0.25, -0.2) is 0 Å². The number of carbonyl (C=O) groups excluding carboxylic acids is 2. The molecule has 124 valence electrons. The largest absolute Gasteiger partial charge is 0.350 e. The number of nitrogens with zero attached hydrogens (tertiary/aromatic N) is 1. The fourth-order valence-electron chi connectivity index (χ4n) is 3.01. The summed E-state index contributed by atoms with van der Waals surface area (Å²) in [4.78, 5) is 26.0. The third kappa shape index (κ3) is 3.62. The minimum atomic E-state index is -0.530. The van der Waals surface area contributed by atoms with Crippen LogP contribution in [-0.2, 0) is 14.3 Å². The molecule has 23 heavy (non-hydrogen) atoms. The summed E-state index contributed by atoms with van der Waals surface area (Å²) in [6.07, 6.45) is 0.517. The third-order valence-corrected chi connectivity index (χ3v) is 4.52. The van der Waals surface area contributed by atoms with Crippen LogP contribution in [-0.4, -0.2) is 48.7 Å². The molecule has 0 aromatic heterocycles. The molecule has 1 amide bonds. The molecule has 5 heteroatoms. The maximum Gasteiger partial charge on any atom is 0.223 e. The van der Waals surface area contributed by atoms with Gasteiger partial charge in [0.2, 0.25) is 5.91 Å². The fraction of sp³-hybridized carbons (Fsp3) is 0.556. The predicted molar refractivity (Wildman–Crippen MR) is 85.0 cm³/mol. The molecule has 2 heterocycles. The number of ketones is 1. The summed E-state index contributed by atoms with van der Waals surface area (Å²) in [6, 6.07) is 9.10. The lowest BCUT2D eigenvalue weighted by Crippen LogP contribution is -2.65. The van der Waals surface area contributed by atoms with E-state index in [0.29, 0.717) is 31.9 Å². The first-order chi connectivity index (χ1) is 10.9. The minimum Gasteiger partial charge on any atom is -0.350 e. The zero-order valence-electron chi connectivity index (χ0n) is 13.7. The zero-order chi connectivity index (χ0) is 16.5. The molecule has 2 saturated heterocycles. The number of carbonyl (C=O) groups is 2. The summed E-state index contributed by atoms with van der Waals surface area (Å²) in [5.41, 5.74) is 0.603. The van der Waals surface area contributed by atoms with E-state index in [9.17, 15) is 9.59 Å². The smallest absolute Gasteiger partial charge is 0.223 e. The standard InChI is InChI=1S/C18H23NO4/c1-17(2)22-12-18(13-23-17)10-19(11-18)16(21)9-8-15(20)14-6-4-3-5-7-14/h3-7H,8-13H2,1-2H3. The molecular formula is C18H23NO4. The maximum atomic E-state index is 12.2. The van der Waals surface area contributed by atoms with Gasteiger partial charge in [-0.3, -0.25) is 9.59 Å². The first kappa shape index (κ1) is 16.1. The summed E-state index contributed by atoms with van der Waals surface area (Å²) >= 11 is 0. The average Bonchev–Trinajstić information content (AvgIpc) is 2.51. The first-order valence-electron chi connectivity index (χ1n) is 8.03. The van der Waals surface area contributed by atoms with Crippen molar-refractivity contribution in [1.29, 1.82) is 0 Å². The van der Waals surface area contributed by atoms with E-state index in [-0.39, 0.29) is 29.9 Å². The Morgan fingerprint density at radius 2 is 1.65 bits per heavy atom. The van der Waals surface area contributed by atoms with Gasteiger partial charge < -0.3 is 14.4 Å². The van der Waals surface area contributed by atoms with Gasteiger partial charge in [0.1, 0.15) is 0 Å². The third-order valence-electron chi connectivity index (χ3n) is 4.52. The van der Waals surface area contributed by atoms with Crippen LogP contribution in [0.3, 0.4) is 0 Å². The van der Waals surface area contributed by atoms with E-state index in [0.717, 1.165) is 0 Å². The average molecular weight is 317 g/mol. The highest BCUT2D eigenvalue weighted by atomic mass is 16.7. The molecule has 0 saturated carbocycles. The normalized spacial score (nSPS) is 21.7. The zero-order valence-corrected chi connectivity index (χ0v) is 13.7. The molecular weight excluding hydrogens is 294 g/mol. The topological polar surface area (TPSA) is 55.8 Å². The summed E-state index contributed by atoms with van der Waals surface area (Å²) < 4.78 is 11.4. The molecule has 0 bridgehead atoms. The number of amides is 1. The van der Waals surface area contributed by atoms with Gasteiger partial charge in [0.05, 0.1) is 18.6 Å². The number of hydrogen-bond acceptors (Lipinski definition) is 4. The van der Waals surface area contributed by atoms with Crippen molar-refractivity contribution in [2.45, 2.75) is 32.5 Å². The summed E-state index contributed by atoms with van der Waals surface area (Å²) in [7, 11) is 0. The van der Waals surface area contributed by atoms with Gasteiger partial charge in [-0.2, -0.15) is 0 Å². The van der Waals surface area contributed by atoms with Crippen LogP contribution in [0.15, 0.2) is 30.3 Å². The van der Waals surface area contributed by atoms with Crippen molar-refractivity contribution in [2.75, 3.05) is 26.3 Å². The van der Waals surface area contributed by atoms with E-state index in [2.05, 4.69) is 0 Å². The Bertz CT molecular complexity index is 578. The van der Waals surface area contributed by atoms with Gasteiger partial charge in [0, 0.05) is 31.5 Å². The van der Waals surface area contributed by atoms with Crippen LogP contribution < -0.4 is 0 Å². The molecule has 0 aliphatic carbocycles. The van der Waals surface area contributed by atoms with Crippen molar-refractivity contribution in [3.8, 4) is 0 Å². The first-order valence-corrected chi connectivity index (χ1v) is 8.03. The number of ether oxygens (including phenoxy) is 2. The van der Waals surface area contributed by atoms with Crippen molar-refractivity contribution in [3.63, 3.8) is 0 Å². The Kier molecular flexibility index (Phi) is 4.25. The summed E-state index contributed by atoms with van der Waals surface area (Å²) in [6.45, 7) is 6.34. The van der Waals surface area contributed by atoms with E-state index in [1.54, 1.807) is 17.0 Å². The molecule has 1 spiro atoms. The molecule has 0 atom stereocenters. The van der Waals surface area contributed by atoms with Crippen molar-refractivity contribution in [3.05, 3.63) is 35.9 Å². The number of Topliss-reactive ketones (excluding diaryl/α,β-unsaturated/α-hetero) is 1. The molecule has 3 rings (SSSR count). The van der Waals surface area contributed by atoms with Crippen LogP contribution >= 0.6 is 0 Å². The maximum absolute atomic E-state index is 12.2. The molecule has 2 aliphatic heterocycles. The van der Waals surface area contributed by atoms with Crippen LogP contribution in [0.5, 0.6) is 0 Å². The highest BCUT2D eigenvalue weighted by Gasteiger charge is 2.49. The van der Waals surface area contributed by atoms with E-state index in [1.807, 2.05) is 32.0 Å². The van der Waals surface area contributed by atoms with Crippen LogP contribution in [0.4, 0.5) is 0 Å². The second-order valence-corrected chi connectivity index (χ2v) is 7.02. The van der Waals surface area contributed by atoms with Gasteiger partial charge >= 0.3 is 0 Å². The number of benzene rings is 1. The Morgan fingerprint density at radius 1 is 1.04 bits per heavy atom. The minimum absolute atomic E-state index is 0.0141. The van der Waals surface area contributed by atoms with Gasteiger partial charge in [0.25, 0.3) is 0 Å². The molecule has 0 radical (unpaired) electrons. The number of hydrogen-bond donors (Lipinski definition) is 0. The van der Waals surface area contributed by atoms with E-state index in [1.165, 1.54) is 0 Å². The van der Waals surface area contributed by atoms with Crippen LogP contribution in [0.2, 0.25) is 0 Å². The Hall–Kier alpha value is -1.72. The SMILES string of the molecule is CC1(C)OCC2(CO1)CN(C(=O)CCC(=O)c1ccccc1)C2. The molecule has 1 aromatic rings. The Morgan fingerprint density at radius 3 is 2.26 bits per heavy atom. The highest BCUT2D eigenvalue weighted by molar-refractivity contribution is 5.97. The molecule has 0 unspecified atom stereocenters. The fourth-order valence-corrected chi connectivity index (χ4v) is 3.01. The van der Waals surface area contributed by atoms with Crippen molar-refractivity contribution in [2.24, 2.45) is 5.41 Å². The lowest BCUT2D eigenvalue weighted by atomic mass is 9.80. The second-order valence-electron chi connectivity index (χ2n) is 7.02. The summed E-state index contributed by atoms with van der Waals surface area (Å²) in [5.74, 6) is -0.484. The molecule has 0 N–H and O–H groups in total. The van der Waals surface area contributed by atoms with Gasteiger partial charge in [-0.05, 0) is 13.8 Å². The monoisotopic (exact) mass is 317 g/mol. The van der Waals surface area contributed by atoms with Crippen molar-refractivity contribution >= 4 is 11.7 Å². The highest BCUT2D eigenvalue weighted by Crippen LogP contribution is 2.37. The van der Waals surface area contributed by atoms with Crippen LogP contribution in [0.25, 0.3) is 0 Å². The van der Waals surface area contributed by atoms with Gasteiger partial charge in [0.15, 0.2) is 11.6 Å². The Balaban J connectivity index is 1.44. The molecule has 2 fully saturated rings. The van der Waals surface area contributed by atoms with E-state index >= 15 is 0 Å². The molecule has 5 nitrogen and oxygen atoms in total. The van der Waals surface area contributed by atoms with Crippen LogP contribution in [0.1, 0.15) is 37.0 Å². The van der Waals surface area contributed by atoms with E-state index < -0.39 is 5.79 Å². The van der Waals surface area contributed by atoms with Crippen LogP contribution in [0, 0.1) is 5.41 Å². The van der Waals surface area contributed by atoms with Crippen molar-refractivity contribution in [1.82, 2.24) is 4.90 Å². The quantitative estimate of drug-likeness (QED) is 0.799. The second kappa shape index (κ2) is 6.06. The lowest BCUT2D eigenvalue weighted by Gasteiger charge is -2.54. The molecule has 2 aliphatic rings. The number of likely N-dealkylation sites (tertiary alicyclic amines) is 1. The van der Waals surface area contributed by atoms with E-state index in [4.69, 9.17) is 9.47 Å². The van der Waals surface area contributed by atoms with Gasteiger partial charge in [-0.15, -0.1) is 0 Å². The predicted octanol–water partition coefficient (Wildman–Crippen LogP) is 2.26.